The molecule has 1 N–H and O–H groups in total. The van der Waals surface area contributed by atoms with Crippen LogP contribution in [0.1, 0.15) is 18.4 Å². The molecule has 1 unspecified atom stereocenters. The van der Waals surface area contributed by atoms with Gasteiger partial charge in [-0.3, -0.25) is 9.69 Å². The van der Waals surface area contributed by atoms with E-state index in [1.54, 1.807) is 6.20 Å². The van der Waals surface area contributed by atoms with Crippen LogP contribution in [0.4, 0.5) is 0 Å². The van der Waals surface area contributed by atoms with Gasteiger partial charge in [0.15, 0.2) is 0 Å². The lowest BCUT2D eigenvalue weighted by Crippen LogP contribution is -2.40. The molecule has 1 atom stereocenters. The van der Waals surface area contributed by atoms with E-state index in [9.17, 15) is 4.79 Å². The Bertz CT molecular complexity index is 969. The molecule has 1 aliphatic rings. The number of aromatic nitrogens is 1. The summed E-state index contributed by atoms with van der Waals surface area (Å²) in [5.74, 6) is 0.813. The highest BCUT2D eigenvalue weighted by atomic mass is 35.5. The van der Waals surface area contributed by atoms with Gasteiger partial charge in [0, 0.05) is 29.7 Å². The molecule has 0 bridgehead atoms. The van der Waals surface area contributed by atoms with E-state index in [-0.39, 0.29) is 11.7 Å². The average molecular weight is 369 g/mol. The van der Waals surface area contributed by atoms with Gasteiger partial charge in [0.2, 0.25) is 0 Å². The van der Waals surface area contributed by atoms with E-state index in [4.69, 9.17) is 16.3 Å². The lowest BCUT2D eigenvalue weighted by Gasteiger charge is -2.33. The van der Waals surface area contributed by atoms with Gasteiger partial charge in [-0.05, 0) is 60.7 Å². The van der Waals surface area contributed by atoms with E-state index in [0.29, 0.717) is 5.39 Å². The average Bonchev–Trinajstić information content (AvgIpc) is 2.64. The number of aromatic amines is 1. The molecule has 0 saturated carbocycles. The first kappa shape index (κ1) is 17.1. The second kappa shape index (κ2) is 7.52. The number of hydrogen-bond acceptors (Lipinski definition) is 3. The van der Waals surface area contributed by atoms with E-state index in [1.807, 2.05) is 42.5 Å². The first-order valence-corrected chi connectivity index (χ1v) is 9.31. The third-order valence-corrected chi connectivity index (χ3v) is 5.23. The number of hydrogen-bond donors (Lipinski definition) is 1. The second-order valence-corrected chi connectivity index (χ2v) is 7.17. The molecule has 5 heteroatoms. The number of nitrogens with zero attached hydrogens (tertiary/aromatic N) is 1. The number of halogens is 1. The number of ether oxygens (including phenoxy) is 1. The Morgan fingerprint density at radius 1 is 1.19 bits per heavy atom. The Morgan fingerprint density at radius 2 is 2.08 bits per heavy atom. The van der Waals surface area contributed by atoms with E-state index in [1.165, 1.54) is 0 Å². The first-order valence-electron chi connectivity index (χ1n) is 8.93. The molecule has 2 heterocycles. The predicted octanol–water partition coefficient (Wildman–Crippen LogP) is 4.22. The summed E-state index contributed by atoms with van der Waals surface area (Å²) < 4.78 is 6.21. The van der Waals surface area contributed by atoms with Crippen molar-refractivity contribution in [2.24, 2.45) is 0 Å². The van der Waals surface area contributed by atoms with Crippen molar-refractivity contribution in [2.45, 2.75) is 25.5 Å². The summed E-state index contributed by atoms with van der Waals surface area (Å²) in [7, 11) is 0. The van der Waals surface area contributed by atoms with Crippen LogP contribution >= 0.6 is 11.6 Å². The number of rotatable bonds is 4. The maximum atomic E-state index is 11.8. The van der Waals surface area contributed by atoms with Gasteiger partial charge in [0.25, 0.3) is 5.56 Å². The molecule has 1 aromatic heterocycles. The van der Waals surface area contributed by atoms with Gasteiger partial charge >= 0.3 is 0 Å². The number of benzene rings is 2. The molecule has 0 aliphatic carbocycles. The SMILES string of the molecule is O=c1[nH]ccc2cc(OC3CCCN(Cc4ccccc4Cl)C3)ccc12. The monoisotopic (exact) mass is 368 g/mol. The van der Waals surface area contributed by atoms with Gasteiger partial charge < -0.3 is 9.72 Å². The minimum Gasteiger partial charge on any atom is -0.489 e. The molecular weight excluding hydrogens is 348 g/mol. The van der Waals surface area contributed by atoms with Crippen LogP contribution in [0.2, 0.25) is 5.02 Å². The van der Waals surface area contributed by atoms with E-state index in [0.717, 1.165) is 54.2 Å². The largest absolute Gasteiger partial charge is 0.489 e. The Kier molecular flexibility index (Phi) is 4.96. The highest BCUT2D eigenvalue weighted by molar-refractivity contribution is 6.31. The zero-order valence-corrected chi connectivity index (χ0v) is 15.2. The molecule has 4 rings (SSSR count). The molecule has 1 saturated heterocycles. The summed E-state index contributed by atoms with van der Waals surface area (Å²) in [4.78, 5) is 16.9. The topological polar surface area (TPSA) is 45.3 Å². The lowest BCUT2D eigenvalue weighted by molar-refractivity contribution is 0.0844. The Labute approximate surface area is 157 Å². The maximum absolute atomic E-state index is 11.8. The molecule has 2 aromatic carbocycles. The normalized spacial score (nSPS) is 18.1. The van der Waals surface area contributed by atoms with Crippen molar-refractivity contribution in [3.05, 3.63) is 75.7 Å². The Hall–Kier alpha value is -2.30. The van der Waals surface area contributed by atoms with Crippen molar-refractivity contribution in [1.29, 1.82) is 0 Å². The Morgan fingerprint density at radius 3 is 2.96 bits per heavy atom. The van der Waals surface area contributed by atoms with Gasteiger partial charge in [-0.25, -0.2) is 0 Å². The second-order valence-electron chi connectivity index (χ2n) is 6.76. The molecule has 1 aliphatic heterocycles. The molecule has 3 aromatic rings. The lowest BCUT2D eigenvalue weighted by atomic mass is 10.1. The fourth-order valence-electron chi connectivity index (χ4n) is 3.56. The number of pyridine rings is 1. The number of nitrogens with one attached hydrogen (secondary N) is 1. The highest BCUT2D eigenvalue weighted by Crippen LogP contribution is 2.24. The summed E-state index contributed by atoms with van der Waals surface area (Å²) in [6, 6.07) is 15.5. The smallest absolute Gasteiger partial charge is 0.255 e. The van der Waals surface area contributed by atoms with Crippen LogP contribution in [0.25, 0.3) is 10.8 Å². The molecule has 26 heavy (non-hydrogen) atoms. The first-order chi connectivity index (χ1) is 12.7. The molecule has 1 fully saturated rings. The number of fused-ring (bicyclic) bond motifs is 1. The van der Waals surface area contributed by atoms with Crippen LogP contribution in [-0.4, -0.2) is 29.1 Å². The van der Waals surface area contributed by atoms with Crippen molar-refractivity contribution in [1.82, 2.24) is 9.88 Å². The van der Waals surface area contributed by atoms with Gasteiger partial charge in [-0.15, -0.1) is 0 Å². The van der Waals surface area contributed by atoms with E-state index >= 15 is 0 Å². The van der Waals surface area contributed by atoms with E-state index in [2.05, 4.69) is 16.0 Å². The number of piperidine rings is 1. The minimum atomic E-state index is -0.0716. The number of H-pyrrole nitrogens is 1. The van der Waals surface area contributed by atoms with Crippen molar-refractivity contribution >= 4 is 22.4 Å². The summed E-state index contributed by atoms with van der Waals surface area (Å²) in [6.45, 7) is 2.77. The summed E-state index contributed by atoms with van der Waals surface area (Å²) in [6.07, 6.45) is 3.94. The van der Waals surface area contributed by atoms with Crippen molar-refractivity contribution in [3.8, 4) is 5.75 Å². The molecule has 134 valence electrons. The van der Waals surface area contributed by atoms with Crippen LogP contribution in [0.5, 0.6) is 5.75 Å². The van der Waals surface area contributed by atoms with Gasteiger partial charge in [-0.1, -0.05) is 29.8 Å². The van der Waals surface area contributed by atoms with Crippen molar-refractivity contribution in [2.75, 3.05) is 13.1 Å². The molecule has 4 nitrogen and oxygen atoms in total. The van der Waals surface area contributed by atoms with Crippen LogP contribution in [0, 0.1) is 0 Å². The van der Waals surface area contributed by atoms with E-state index < -0.39 is 0 Å². The fourth-order valence-corrected chi connectivity index (χ4v) is 3.75. The zero-order chi connectivity index (χ0) is 17.9. The van der Waals surface area contributed by atoms with Crippen LogP contribution < -0.4 is 10.3 Å². The molecular formula is C21H21ClN2O2. The highest BCUT2D eigenvalue weighted by Gasteiger charge is 2.22. The minimum absolute atomic E-state index is 0.0716. The maximum Gasteiger partial charge on any atom is 0.255 e. The van der Waals surface area contributed by atoms with Gasteiger partial charge in [0.1, 0.15) is 11.9 Å². The summed E-state index contributed by atoms with van der Waals surface area (Å²) >= 11 is 6.29. The quantitative estimate of drug-likeness (QED) is 0.749. The fraction of sp³-hybridized carbons (Fsp3) is 0.286. The standard InChI is InChI=1S/C21H21ClN2O2/c22-20-6-2-1-4-16(20)13-24-11-3-5-18(14-24)26-17-7-8-19-15(12-17)9-10-23-21(19)25/h1-2,4,6-10,12,18H,3,5,11,13-14H2,(H,23,25). The summed E-state index contributed by atoms with van der Waals surface area (Å²) in [5.41, 5.74) is 1.08. The predicted molar refractivity (Wildman–Crippen MR) is 105 cm³/mol. The van der Waals surface area contributed by atoms with Crippen LogP contribution in [0.3, 0.4) is 0 Å². The summed E-state index contributed by atoms with van der Waals surface area (Å²) in [5, 5.41) is 2.40. The molecule has 0 radical (unpaired) electrons. The van der Waals surface area contributed by atoms with Crippen molar-refractivity contribution < 1.29 is 4.74 Å². The Balaban J connectivity index is 1.45. The van der Waals surface area contributed by atoms with Crippen LogP contribution in [0.15, 0.2) is 59.5 Å². The third kappa shape index (κ3) is 3.76. The molecule has 0 spiro atoms. The third-order valence-electron chi connectivity index (χ3n) is 4.86. The van der Waals surface area contributed by atoms with Crippen LogP contribution in [-0.2, 0) is 6.54 Å². The van der Waals surface area contributed by atoms with Crippen molar-refractivity contribution in [3.63, 3.8) is 0 Å². The van der Waals surface area contributed by atoms with Gasteiger partial charge in [0.05, 0.1) is 0 Å². The molecule has 0 amide bonds. The number of likely N-dealkylation sites (tertiary alicyclic amines) is 1. The zero-order valence-electron chi connectivity index (χ0n) is 14.5. The van der Waals surface area contributed by atoms with Gasteiger partial charge in [-0.2, -0.15) is 0 Å².